The van der Waals surface area contributed by atoms with Crippen LogP contribution >= 0.6 is 15.9 Å². The first-order chi connectivity index (χ1) is 7.31. The highest BCUT2D eigenvalue weighted by Gasteiger charge is 2.06. The molecule has 0 aliphatic heterocycles. The van der Waals surface area contributed by atoms with Crippen molar-refractivity contribution in [2.75, 3.05) is 0 Å². The van der Waals surface area contributed by atoms with E-state index in [1.807, 2.05) is 30.3 Å². The van der Waals surface area contributed by atoms with Gasteiger partial charge >= 0.3 is 0 Å². The third kappa shape index (κ3) is 2.03. The van der Waals surface area contributed by atoms with Crippen LogP contribution in [0.5, 0.6) is 0 Å². The second-order valence-corrected chi connectivity index (χ2v) is 3.79. The summed E-state index contributed by atoms with van der Waals surface area (Å²) in [6.45, 7) is 0. The van der Waals surface area contributed by atoms with Crippen LogP contribution in [0, 0.1) is 11.3 Å². The summed E-state index contributed by atoms with van der Waals surface area (Å²) >= 11 is 3.35. The third-order valence-corrected chi connectivity index (χ3v) is 2.45. The van der Waals surface area contributed by atoms with Gasteiger partial charge in [-0.15, -0.1) is 0 Å². The Hall–Kier alpha value is -1.73. The molecule has 0 aliphatic rings. The molecule has 0 saturated carbocycles. The molecule has 0 N–H and O–H groups in total. The molecule has 0 saturated heterocycles. The molecule has 0 bridgehead atoms. The topological polar surface area (TPSA) is 49.6 Å². The van der Waals surface area contributed by atoms with Crippen molar-refractivity contribution < 1.29 is 0 Å². The van der Waals surface area contributed by atoms with Gasteiger partial charge in [0.15, 0.2) is 5.69 Å². The van der Waals surface area contributed by atoms with Gasteiger partial charge in [-0.3, -0.25) is 4.98 Å². The van der Waals surface area contributed by atoms with E-state index in [0.717, 1.165) is 10.0 Å². The average Bonchev–Trinajstić information content (AvgIpc) is 2.30. The summed E-state index contributed by atoms with van der Waals surface area (Å²) in [6.07, 6.45) is 3.10. The van der Waals surface area contributed by atoms with Crippen molar-refractivity contribution in [2.24, 2.45) is 0 Å². The summed E-state index contributed by atoms with van der Waals surface area (Å²) in [5, 5.41) is 8.87. The summed E-state index contributed by atoms with van der Waals surface area (Å²) < 4.78 is 0.994. The van der Waals surface area contributed by atoms with Gasteiger partial charge in [-0.1, -0.05) is 28.1 Å². The molecule has 72 valence electrons. The van der Waals surface area contributed by atoms with Crippen LogP contribution < -0.4 is 0 Å². The molecule has 2 aromatic rings. The lowest BCUT2D eigenvalue weighted by molar-refractivity contribution is 1.17. The molecule has 1 aromatic carbocycles. The van der Waals surface area contributed by atoms with Gasteiger partial charge in [-0.2, -0.15) is 5.26 Å². The van der Waals surface area contributed by atoms with E-state index in [9.17, 15) is 0 Å². The summed E-state index contributed by atoms with van der Waals surface area (Å²) in [5.74, 6) is 0. The van der Waals surface area contributed by atoms with E-state index in [0.29, 0.717) is 11.4 Å². The number of hydrogen-bond acceptors (Lipinski definition) is 3. The maximum Gasteiger partial charge on any atom is 0.166 e. The van der Waals surface area contributed by atoms with Crippen molar-refractivity contribution in [3.63, 3.8) is 0 Å². The Morgan fingerprint density at radius 1 is 1.07 bits per heavy atom. The molecule has 1 heterocycles. The van der Waals surface area contributed by atoms with Crippen LogP contribution in [-0.4, -0.2) is 9.97 Å². The van der Waals surface area contributed by atoms with Gasteiger partial charge in [-0.05, 0) is 12.1 Å². The van der Waals surface area contributed by atoms with Crippen LogP contribution in [0.15, 0.2) is 41.1 Å². The second kappa shape index (κ2) is 4.20. The molecular weight excluding hydrogens is 254 g/mol. The fraction of sp³-hybridized carbons (Fsp3) is 0. The first kappa shape index (κ1) is 9.81. The van der Waals surface area contributed by atoms with Gasteiger partial charge in [0.1, 0.15) is 11.8 Å². The molecule has 0 atom stereocenters. The van der Waals surface area contributed by atoms with Crippen molar-refractivity contribution in [3.05, 3.63) is 46.8 Å². The Labute approximate surface area is 95.6 Å². The van der Waals surface area contributed by atoms with E-state index in [1.54, 1.807) is 6.20 Å². The normalized spacial score (nSPS) is 9.60. The zero-order chi connectivity index (χ0) is 10.7. The molecule has 0 spiro atoms. The first-order valence-electron chi connectivity index (χ1n) is 4.28. The molecule has 4 heteroatoms. The fourth-order valence-corrected chi connectivity index (χ4v) is 1.50. The Bertz CT molecular complexity index is 514. The molecule has 0 unspecified atom stereocenters. The van der Waals surface area contributed by atoms with Crippen LogP contribution in [0.3, 0.4) is 0 Å². The second-order valence-electron chi connectivity index (χ2n) is 2.87. The van der Waals surface area contributed by atoms with Crippen molar-refractivity contribution in [3.8, 4) is 17.3 Å². The predicted molar refractivity (Wildman–Crippen MR) is 59.9 cm³/mol. The lowest BCUT2D eigenvalue weighted by Gasteiger charge is -2.01. The van der Waals surface area contributed by atoms with E-state index in [-0.39, 0.29) is 0 Å². The number of hydrogen-bond donors (Lipinski definition) is 0. The highest BCUT2D eigenvalue weighted by atomic mass is 79.9. The Balaban J connectivity index is 2.55. The Kier molecular flexibility index (Phi) is 2.75. The molecule has 0 amide bonds. The Morgan fingerprint density at radius 3 is 2.40 bits per heavy atom. The van der Waals surface area contributed by atoms with Crippen molar-refractivity contribution in [1.82, 2.24) is 9.97 Å². The van der Waals surface area contributed by atoms with Crippen LogP contribution in [0.25, 0.3) is 11.3 Å². The minimum atomic E-state index is 0.347. The highest BCUT2D eigenvalue weighted by Crippen LogP contribution is 2.21. The van der Waals surface area contributed by atoms with E-state index in [1.165, 1.54) is 6.20 Å². The largest absolute Gasteiger partial charge is 0.252 e. The molecule has 0 aliphatic carbocycles. The summed E-state index contributed by atoms with van der Waals surface area (Å²) in [4.78, 5) is 8.11. The van der Waals surface area contributed by atoms with Crippen LogP contribution in [0.2, 0.25) is 0 Å². The van der Waals surface area contributed by atoms with E-state index < -0.39 is 0 Å². The molecule has 0 radical (unpaired) electrons. The van der Waals surface area contributed by atoms with E-state index in [2.05, 4.69) is 25.9 Å². The SMILES string of the molecule is N#Cc1nccnc1-c1ccc(Br)cc1. The molecule has 0 fully saturated rings. The third-order valence-electron chi connectivity index (χ3n) is 1.92. The zero-order valence-electron chi connectivity index (χ0n) is 7.68. The number of benzene rings is 1. The Morgan fingerprint density at radius 2 is 1.73 bits per heavy atom. The number of rotatable bonds is 1. The smallest absolute Gasteiger partial charge is 0.166 e. The van der Waals surface area contributed by atoms with Crippen molar-refractivity contribution >= 4 is 15.9 Å². The molecule has 2 rings (SSSR count). The van der Waals surface area contributed by atoms with Gasteiger partial charge in [0.25, 0.3) is 0 Å². The molecule has 1 aromatic heterocycles. The van der Waals surface area contributed by atoms with Gasteiger partial charge in [0.2, 0.25) is 0 Å². The van der Waals surface area contributed by atoms with Crippen LogP contribution in [-0.2, 0) is 0 Å². The van der Waals surface area contributed by atoms with Gasteiger partial charge in [0.05, 0.1) is 0 Å². The monoisotopic (exact) mass is 259 g/mol. The summed E-state index contributed by atoms with van der Waals surface area (Å²) in [7, 11) is 0. The van der Waals surface area contributed by atoms with Crippen LogP contribution in [0.1, 0.15) is 5.69 Å². The van der Waals surface area contributed by atoms with Gasteiger partial charge in [-0.25, -0.2) is 4.98 Å². The zero-order valence-corrected chi connectivity index (χ0v) is 9.27. The number of halogens is 1. The molecular formula is C11H6BrN3. The molecule has 3 nitrogen and oxygen atoms in total. The van der Waals surface area contributed by atoms with Crippen molar-refractivity contribution in [2.45, 2.75) is 0 Å². The van der Waals surface area contributed by atoms with Crippen molar-refractivity contribution in [1.29, 1.82) is 5.26 Å². The lowest BCUT2D eigenvalue weighted by Crippen LogP contribution is -1.91. The number of nitrogens with zero attached hydrogens (tertiary/aromatic N) is 3. The van der Waals surface area contributed by atoms with Gasteiger partial charge < -0.3 is 0 Å². The summed E-state index contributed by atoms with van der Waals surface area (Å²) in [6, 6.07) is 9.63. The quantitative estimate of drug-likeness (QED) is 0.792. The predicted octanol–water partition coefficient (Wildman–Crippen LogP) is 2.78. The maximum absolute atomic E-state index is 8.87. The van der Waals surface area contributed by atoms with E-state index in [4.69, 9.17) is 5.26 Å². The average molecular weight is 260 g/mol. The summed E-state index contributed by atoms with van der Waals surface area (Å²) in [5.41, 5.74) is 1.86. The first-order valence-corrected chi connectivity index (χ1v) is 5.07. The highest BCUT2D eigenvalue weighted by molar-refractivity contribution is 9.10. The standard InChI is InChI=1S/C11H6BrN3/c12-9-3-1-8(2-4-9)11-10(7-13)14-5-6-15-11/h1-6H. The van der Waals surface area contributed by atoms with Crippen LogP contribution in [0.4, 0.5) is 0 Å². The number of nitriles is 1. The maximum atomic E-state index is 8.87. The van der Waals surface area contributed by atoms with Gasteiger partial charge in [0, 0.05) is 22.4 Å². The van der Waals surface area contributed by atoms with E-state index >= 15 is 0 Å². The minimum Gasteiger partial charge on any atom is -0.252 e. The minimum absolute atomic E-state index is 0.347. The molecule has 15 heavy (non-hydrogen) atoms. The number of aromatic nitrogens is 2. The lowest BCUT2D eigenvalue weighted by atomic mass is 10.1. The fourth-order valence-electron chi connectivity index (χ4n) is 1.24.